The average molecular weight is 370 g/mol. The summed E-state index contributed by atoms with van der Waals surface area (Å²) in [6, 6.07) is 2.02. The monoisotopic (exact) mass is 370 g/mol. The number of aromatic nitrogens is 4. The number of nitrogens with zero attached hydrogens (tertiary/aromatic N) is 6. The first-order valence-corrected chi connectivity index (χ1v) is 9.61. The summed E-state index contributed by atoms with van der Waals surface area (Å²) in [5.41, 5.74) is 1.62. The van der Waals surface area contributed by atoms with Crippen LogP contribution in [0.25, 0.3) is 10.2 Å². The van der Waals surface area contributed by atoms with E-state index in [2.05, 4.69) is 15.0 Å². The second-order valence-corrected chi connectivity index (χ2v) is 7.87. The van der Waals surface area contributed by atoms with E-state index in [4.69, 9.17) is 4.98 Å². The molecule has 26 heavy (non-hydrogen) atoms. The Hall–Kier alpha value is -2.48. The van der Waals surface area contributed by atoms with Gasteiger partial charge in [-0.15, -0.1) is 0 Å². The molecule has 0 N–H and O–H groups in total. The minimum atomic E-state index is 0.0409. The molecule has 1 aliphatic heterocycles. The van der Waals surface area contributed by atoms with Crippen molar-refractivity contribution in [2.45, 2.75) is 12.8 Å². The predicted molar refractivity (Wildman–Crippen MR) is 103 cm³/mol. The fourth-order valence-corrected chi connectivity index (χ4v) is 4.42. The molecule has 8 heteroatoms. The Balaban J connectivity index is 1.34. The fourth-order valence-electron chi connectivity index (χ4n) is 3.43. The summed E-state index contributed by atoms with van der Waals surface area (Å²) in [4.78, 5) is 25.5. The van der Waals surface area contributed by atoms with Gasteiger partial charge in [0.1, 0.15) is 5.52 Å². The lowest BCUT2D eigenvalue weighted by atomic mass is 9.96. The molecule has 1 amide bonds. The summed E-state index contributed by atoms with van der Waals surface area (Å²) in [7, 11) is 3.70. The largest absolute Gasteiger partial charge is 0.348 e. The van der Waals surface area contributed by atoms with E-state index in [-0.39, 0.29) is 5.91 Å². The van der Waals surface area contributed by atoms with Gasteiger partial charge in [-0.3, -0.25) is 14.5 Å². The zero-order chi connectivity index (χ0) is 18.1. The van der Waals surface area contributed by atoms with E-state index in [1.54, 1.807) is 28.4 Å². The smallest absolute Gasteiger partial charge is 0.256 e. The average Bonchev–Trinajstić information content (AvgIpc) is 3.27. The second kappa shape index (κ2) is 7.03. The highest BCUT2D eigenvalue weighted by atomic mass is 32.1. The van der Waals surface area contributed by atoms with Crippen molar-refractivity contribution in [1.29, 1.82) is 0 Å². The Labute approximate surface area is 156 Å². The molecule has 1 aliphatic rings. The van der Waals surface area contributed by atoms with E-state index >= 15 is 0 Å². The third-order valence-corrected chi connectivity index (χ3v) is 5.99. The predicted octanol–water partition coefficient (Wildman–Crippen LogP) is 2.41. The summed E-state index contributed by atoms with van der Waals surface area (Å²) >= 11 is 1.72. The van der Waals surface area contributed by atoms with Crippen LogP contribution in [0.2, 0.25) is 0 Å². The van der Waals surface area contributed by atoms with Crippen molar-refractivity contribution in [3.63, 3.8) is 0 Å². The molecule has 3 aromatic heterocycles. The van der Waals surface area contributed by atoms with Crippen LogP contribution >= 0.6 is 11.3 Å². The number of carbonyl (C=O) groups excluding carboxylic acids is 1. The number of carbonyl (C=O) groups is 1. The minimum Gasteiger partial charge on any atom is -0.348 e. The van der Waals surface area contributed by atoms with Gasteiger partial charge in [0.05, 0.1) is 22.7 Å². The van der Waals surface area contributed by atoms with Crippen LogP contribution in [0.4, 0.5) is 5.13 Å². The van der Waals surface area contributed by atoms with Gasteiger partial charge in [0.25, 0.3) is 5.91 Å². The number of anilines is 1. The Morgan fingerprint density at radius 2 is 2.15 bits per heavy atom. The Kier molecular flexibility index (Phi) is 4.58. The Morgan fingerprint density at radius 1 is 1.35 bits per heavy atom. The van der Waals surface area contributed by atoms with Crippen LogP contribution < -0.4 is 4.90 Å². The fraction of sp³-hybridized carbons (Fsp3) is 0.444. The highest BCUT2D eigenvalue weighted by Gasteiger charge is 2.24. The summed E-state index contributed by atoms with van der Waals surface area (Å²) in [6.07, 6.45) is 9.16. The number of fused-ring (bicyclic) bond motifs is 1. The number of hydrogen-bond acceptors (Lipinski definition) is 6. The van der Waals surface area contributed by atoms with E-state index in [0.717, 1.165) is 43.1 Å². The standard InChI is InChI=1S/C18H22N6OS/c1-22(17(25)14-9-20-23(2)12-14)11-13-4-7-24(8-5-13)18-21-15-10-19-6-3-16(15)26-18/h3,6,9-10,12-13H,4-5,7-8,11H2,1-2H3. The van der Waals surface area contributed by atoms with Gasteiger partial charge in [0, 0.05) is 46.1 Å². The minimum absolute atomic E-state index is 0.0409. The summed E-state index contributed by atoms with van der Waals surface area (Å²) < 4.78 is 2.84. The van der Waals surface area contributed by atoms with Crippen molar-refractivity contribution in [2.75, 3.05) is 31.6 Å². The normalized spacial score (nSPS) is 15.5. The maximum atomic E-state index is 12.5. The molecule has 0 atom stereocenters. The first kappa shape index (κ1) is 17.0. The molecule has 4 heterocycles. The first-order chi connectivity index (χ1) is 12.6. The van der Waals surface area contributed by atoms with Crippen LogP contribution in [0.5, 0.6) is 0 Å². The van der Waals surface area contributed by atoms with Crippen LogP contribution in [0, 0.1) is 5.92 Å². The quantitative estimate of drug-likeness (QED) is 0.706. The third-order valence-electron chi connectivity index (χ3n) is 4.89. The molecule has 0 unspecified atom stereocenters. The van der Waals surface area contributed by atoms with Crippen LogP contribution in [0.15, 0.2) is 30.9 Å². The van der Waals surface area contributed by atoms with Gasteiger partial charge in [-0.25, -0.2) is 4.98 Å². The lowest BCUT2D eigenvalue weighted by Gasteiger charge is -2.33. The van der Waals surface area contributed by atoms with Gasteiger partial charge in [-0.2, -0.15) is 5.10 Å². The molecular formula is C18H22N6OS. The molecule has 0 aromatic carbocycles. The zero-order valence-electron chi connectivity index (χ0n) is 15.0. The first-order valence-electron chi connectivity index (χ1n) is 8.80. The molecule has 4 rings (SSSR count). The van der Waals surface area contributed by atoms with Crippen LogP contribution in [0.3, 0.4) is 0 Å². The number of hydrogen-bond donors (Lipinski definition) is 0. The lowest BCUT2D eigenvalue weighted by molar-refractivity contribution is 0.0765. The number of thiazole rings is 1. The maximum Gasteiger partial charge on any atom is 0.256 e. The summed E-state index contributed by atoms with van der Waals surface area (Å²) in [6.45, 7) is 2.74. The topological polar surface area (TPSA) is 67.2 Å². The van der Waals surface area contributed by atoms with Crippen molar-refractivity contribution in [2.24, 2.45) is 13.0 Å². The van der Waals surface area contributed by atoms with Crippen molar-refractivity contribution in [3.8, 4) is 0 Å². The highest BCUT2D eigenvalue weighted by Crippen LogP contribution is 2.31. The highest BCUT2D eigenvalue weighted by molar-refractivity contribution is 7.22. The Bertz CT molecular complexity index is 878. The van der Waals surface area contributed by atoms with Gasteiger partial charge in [0.2, 0.25) is 0 Å². The number of piperidine rings is 1. The molecule has 1 fully saturated rings. The van der Waals surface area contributed by atoms with E-state index in [9.17, 15) is 4.79 Å². The molecule has 0 bridgehead atoms. The van der Waals surface area contributed by atoms with Gasteiger partial charge in [-0.05, 0) is 24.8 Å². The zero-order valence-corrected chi connectivity index (χ0v) is 15.8. The van der Waals surface area contributed by atoms with E-state index in [0.29, 0.717) is 11.5 Å². The third kappa shape index (κ3) is 3.41. The number of amides is 1. The van der Waals surface area contributed by atoms with E-state index < -0.39 is 0 Å². The van der Waals surface area contributed by atoms with Crippen molar-refractivity contribution in [1.82, 2.24) is 24.6 Å². The number of pyridine rings is 1. The molecule has 0 aliphatic carbocycles. The SMILES string of the molecule is CN(CC1CCN(c2nc3cnccc3s2)CC1)C(=O)c1cnn(C)c1. The second-order valence-electron chi connectivity index (χ2n) is 6.86. The molecular weight excluding hydrogens is 348 g/mol. The molecule has 1 saturated heterocycles. The van der Waals surface area contributed by atoms with Crippen molar-refractivity contribution < 1.29 is 4.79 Å². The van der Waals surface area contributed by atoms with Crippen LogP contribution in [-0.4, -0.2) is 57.2 Å². The van der Waals surface area contributed by atoms with Gasteiger partial charge in [0.15, 0.2) is 5.13 Å². The molecule has 3 aromatic rings. The molecule has 7 nitrogen and oxygen atoms in total. The van der Waals surface area contributed by atoms with Crippen molar-refractivity contribution >= 4 is 32.6 Å². The molecule has 136 valence electrons. The van der Waals surface area contributed by atoms with E-state index in [1.165, 1.54) is 4.70 Å². The Morgan fingerprint density at radius 3 is 2.85 bits per heavy atom. The molecule has 0 saturated carbocycles. The van der Waals surface area contributed by atoms with Gasteiger partial charge in [-0.1, -0.05) is 11.3 Å². The van der Waals surface area contributed by atoms with Gasteiger partial charge >= 0.3 is 0 Å². The number of rotatable bonds is 4. The van der Waals surface area contributed by atoms with Crippen LogP contribution in [0.1, 0.15) is 23.2 Å². The van der Waals surface area contributed by atoms with E-state index in [1.807, 2.05) is 37.5 Å². The molecule has 0 radical (unpaired) electrons. The summed E-state index contributed by atoms with van der Waals surface area (Å²) in [5, 5.41) is 5.16. The molecule has 0 spiro atoms. The number of aryl methyl sites for hydroxylation is 1. The van der Waals surface area contributed by atoms with Crippen LogP contribution in [-0.2, 0) is 7.05 Å². The van der Waals surface area contributed by atoms with Crippen molar-refractivity contribution in [3.05, 3.63) is 36.4 Å². The lowest BCUT2D eigenvalue weighted by Crippen LogP contribution is -2.39. The summed E-state index contributed by atoms with van der Waals surface area (Å²) in [5.74, 6) is 0.562. The maximum absolute atomic E-state index is 12.5. The van der Waals surface area contributed by atoms with Gasteiger partial charge < -0.3 is 9.80 Å².